The lowest BCUT2D eigenvalue weighted by atomic mass is 10.0. The van der Waals surface area contributed by atoms with E-state index in [1.807, 2.05) is 38.1 Å². The predicted octanol–water partition coefficient (Wildman–Crippen LogP) is 3.15. The van der Waals surface area contributed by atoms with Crippen LogP contribution in [0.4, 0.5) is 11.5 Å². The number of nitrogens with one attached hydrogen (secondary N) is 1. The first kappa shape index (κ1) is 18.7. The first-order valence-electron chi connectivity index (χ1n) is 10.1. The van der Waals surface area contributed by atoms with E-state index in [0.29, 0.717) is 17.0 Å². The quantitative estimate of drug-likeness (QED) is 0.595. The summed E-state index contributed by atoms with van der Waals surface area (Å²) in [4.78, 5) is 9.46. The van der Waals surface area contributed by atoms with E-state index >= 15 is 0 Å². The van der Waals surface area contributed by atoms with Crippen LogP contribution in [-0.4, -0.2) is 53.9 Å². The van der Waals surface area contributed by atoms with Crippen molar-refractivity contribution in [3.05, 3.63) is 47.7 Å². The predicted molar refractivity (Wildman–Crippen MR) is 114 cm³/mol. The molecule has 0 amide bonds. The van der Waals surface area contributed by atoms with Crippen LogP contribution in [0.5, 0.6) is 5.75 Å². The zero-order chi connectivity index (χ0) is 19.7. The Morgan fingerprint density at radius 2 is 1.89 bits per heavy atom. The Bertz CT molecular complexity index is 854. The highest BCUT2D eigenvalue weighted by atomic mass is 16.5. The van der Waals surface area contributed by atoms with Gasteiger partial charge in [0.2, 0.25) is 0 Å². The third-order valence-corrected chi connectivity index (χ3v) is 5.40. The summed E-state index contributed by atoms with van der Waals surface area (Å²) in [5, 5.41) is 8.71. The number of anilines is 2. The maximum absolute atomic E-state index is 8.71. The number of nitrogens with zero attached hydrogens (tertiary/aromatic N) is 3. The van der Waals surface area contributed by atoms with Crippen molar-refractivity contribution in [3.8, 4) is 5.75 Å². The molecule has 148 valence electrons. The summed E-state index contributed by atoms with van der Waals surface area (Å²) < 4.78 is 5.77. The summed E-state index contributed by atoms with van der Waals surface area (Å²) in [6.07, 6.45) is 4.57. The van der Waals surface area contributed by atoms with Gasteiger partial charge in [-0.1, -0.05) is 0 Å². The average Bonchev–Trinajstić information content (AvgIpc) is 3.54. The number of nitrogen functional groups attached to an aromatic ring is 1. The van der Waals surface area contributed by atoms with E-state index in [4.69, 9.17) is 15.9 Å². The van der Waals surface area contributed by atoms with Crippen molar-refractivity contribution in [3.63, 3.8) is 0 Å². The second kappa shape index (κ2) is 7.80. The van der Waals surface area contributed by atoms with Crippen molar-refractivity contribution in [2.45, 2.75) is 38.8 Å². The van der Waals surface area contributed by atoms with Crippen LogP contribution in [0.25, 0.3) is 0 Å². The van der Waals surface area contributed by atoms with Crippen molar-refractivity contribution in [2.24, 2.45) is 0 Å². The zero-order valence-corrected chi connectivity index (χ0v) is 16.7. The van der Waals surface area contributed by atoms with E-state index in [1.165, 1.54) is 12.8 Å². The van der Waals surface area contributed by atoms with E-state index < -0.39 is 0 Å². The van der Waals surface area contributed by atoms with Gasteiger partial charge >= 0.3 is 0 Å². The molecule has 2 aliphatic rings. The van der Waals surface area contributed by atoms with E-state index in [-0.39, 0.29) is 6.10 Å². The number of aromatic nitrogens is 1. The molecule has 0 unspecified atom stereocenters. The van der Waals surface area contributed by atoms with Crippen LogP contribution in [0.15, 0.2) is 36.5 Å². The number of pyridine rings is 1. The summed E-state index contributed by atoms with van der Waals surface area (Å²) in [6, 6.07) is 10.2. The molecule has 1 saturated heterocycles. The molecule has 1 aliphatic carbocycles. The maximum Gasteiger partial charge on any atom is 0.129 e. The fourth-order valence-electron chi connectivity index (χ4n) is 3.76. The van der Waals surface area contributed by atoms with Crippen molar-refractivity contribution >= 4 is 17.2 Å². The highest BCUT2D eigenvalue weighted by Crippen LogP contribution is 2.29. The third-order valence-electron chi connectivity index (χ3n) is 5.40. The summed E-state index contributed by atoms with van der Waals surface area (Å²) in [6.45, 7) is 8.13. The van der Waals surface area contributed by atoms with Crippen LogP contribution in [-0.2, 0) is 0 Å². The topological polar surface area (TPSA) is 78.5 Å². The second-order valence-electron chi connectivity index (χ2n) is 7.95. The lowest BCUT2D eigenvalue weighted by molar-refractivity contribution is 0.242. The molecular formula is C22H29N5O. The Hall–Kier alpha value is -2.60. The molecule has 28 heavy (non-hydrogen) atoms. The summed E-state index contributed by atoms with van der Waals surface area (Å²) in [5.41, 5.74) is 8.65. The number of benzene rings is 1. The number of hydrogen-bond donors (Lipinski definition) is 2. The molecule has 1 aliphatic heterocycles. The van der Waals surface area contributed by atoms with Crippen molar-refractivity contribution in [1.82, 2.24) is 9.88 Å². The maximum atomic E-state index is 8.71. The van der Waals surface area contributed by atoms with Gasteiger partial charge in [0.1, 0.15) is 11.6 Å². The van der Waals surface area contributed by atoms with Crippen LogP contribution in [0.2, 0.25) is 0 Å². The molecule has 6 nitrogen and oxygen atoms in total. The standard InChI is InChI=1S/C22H29N5O/c1-15(2)28-18-5-6-20(23)19(14-18)22(24)16-7-8-25-21(13-16)27-11-9-26(10-12-27)17-3-4-17/h5-8,13-15,17,24H,3-4,9-12,23H2,1-2H3. The molecule has 3 N–H and O–H groups in total. The number of ether oxygens (including phenoxy) is 1. The van der Waals surface area contributed by atoms with Gasteiger partial charge in [-0.05, 0) is 57.0 Å². The number of piperazine rings is 1. The van der Waals surface area contributed by atoms with Crippen molar-refractivity contribution in [1.29, 1.82) is 5.41 Å². The Morgan fingerprint density at radius 1 is 1.14 bits per heavy atom. The van der Waals surface area contributed by atoms with E-state index in [1.54, 1.807) is 12.3 Å². The fraction of sp³-hybridized carbons (Fsp3) is 0.455. The molecule has 4 rings (SSSR count). The van der Waals surface area contributed by atoms with Crippen LogP contribution < -0.4 is 15.4 Å². The van der Waals surface area contributed by atoms with Crippen LogP contribution in [0.3, 0.4) is 0 Å². The minimum atomic E-state index is 0.0764. The Labute approximate surface area is 166 Å². The van der Waals surface area contributed by atoms with E-state index in [0.717, 1.165) is 49.4 Å². The lowest BCUT2D eigenvalue weighted by Crippen LogP contribution is -2.47. The van der Waals surface area contributed by atoms with Gasteiger partial charge in [0.05, 0.1) is 11.8 Å². The monoisotopic (exact) mass is 379 g/mol. The first-order chi connectivity index (χ1) is 13.5. The van der Waals surface area contributed by atoms with E-state index in [9.17, 15) is 0 Å². The smallest absolute Gasteiger partial charge is 0.129 e. The minimum Gasteiger partial charge on any atom is -0.491 e. The van der Waals surface area contributed by atoms with Gasteiger partial charge in [-0.2, -0.15) is 0 Å². The molecule has 0 bridgehead atoms. The van der Waals surface area contributed by atoms with Crippen LogP contribution in [0, 0.1) is 5.41 Å². The highest BCUT2D eigenvalue weighted by molar-refractivity contribution is 6.14. The molecule has 0 atom stereocenters. The van der Waals surface area contributed by atoms with Gasteiger partial charge < -0.3 is 15.4 Å². The van der Waals surface area contributed by atoms with Gasteiger partial charge in [-0.15, -0.1) is 0 Å². The molecule has 0 radical (unpaired) electrons. The molecule has 1 aromatic carbocycles. The van der Waals surface area contributed by atoms with E-state index in [2.05, 4.69) is 14.8 Å². The Morgan fingerprint density at radius 3 is 2.57 bits per heavy atom. The zero-order valence-electron chi connectivity index (χ0n) is 16.7. The van der Waals surface area contributed by atoms with Gasteiger partial charge in [-0.25, -0.2) is 4.98 Å². The van der Waals surface area contributed by atoms with Crippen molar-refractivity contribution in [2.75, 3.05) is 36.8 Å². The van der Waals surface area contributed by atoms with Gasteiger partial charge in [0.25, 0.3) is 0 Å². The Balaban J connectivity index is 1.52. The number of nitrogens with two attached hydrogens (primary N) is 1. The third kappa shape index (κ3) is 4.12. The second-order valence-corrected chi connectivity index (χ2v) is 7.95. The molecule has 2 fully saturated rings. The van der Waals surface area contributed by atoms with Crippen LogP contribution >= 0.6 is 0 Å². The molecular weight excluding hydrogens is 350 g/mol. The fourth-order valence-corrected chi connectivity index (χ4v) is 3.76. The van der Waals surface area contributed by atoms with Crippen LogP contribution in [0.1, 0.15) is 37.8 Å². The SMILES string of the molecule is CC(C)Oc1ccc(N)c(C(=N)c2ccnc(N3CCN(C4CC4)CC3)c2)c1. The normalized spacial score (nSPS) is 17.8. The summed E-state index contributed by atoms with van der Waals surface area (Å²) >= 11 is 0. The summed E-state index contributed by atoms with van der Waals surface area (Å²) in [5.74, 6) is 1.67. The van der Waals surface area contributed by atoms with Crippen molar-refractivity contribution < 1.29 is 4.74 Å². The molecule has 1 aromatic heterocycles. The van der Waals surface area contributed by atoms with Gasteiger partial charge in [-0.3, -0.25) is 10.3 Å². The Kier molecular flexibility index (Phi) is 5.22. The average molecular weight is 380 g/mol. The largest absolute Gasteiger partial charge is 0.491 e. The highest BCUT2D eigenvalue weighted by Gasteiger charge is 2.31. The summed E-state index contributed by atoms with van der Waals surface area (Å²) in [7, 11) is 0. The lowest BCUT2D eigenvalue weighted by Gasteiger charge is -2.35. The molecule has 6 heteroatoms. The molecule has 2 aromatic rings. The molecule has 0 spiro atoms. The van der Waals surface area contributed by atoms with Gasteiger partial charge in [0, 0.05) is 55.2 Å². The molecule has 2 heterocycles. The number of hydrogen-bond acceptors (Lipinski definition) is 6. The minimum absolute atomic E-state index is 0.0764. The molecule has 1 saturated carbocycles. The number of rotatable bonds is 6. The van der Waals surface area contributed by atoms with Gasteiger partial charge in [0.15, 0.2) is 0 Å². The first-order valence-corrected chi connectivity index (χ1v) is 10.1.